The van der Waals surface area contributed by atoms with Gasteiger partial charge in [0.15, 0.2) is 0 Å². The van der Waals surface area contributed by atoms with Crippen LogP contribution in [0.1, 0.15) is 80.1 Å². The summed E-state index contributed by atoms with van der Waals surface area (Å²) in [5.74, 6) is 1.58. The van der Waals surface area contributed by atoms with E-state index in [1.807, 2.05) is 13.0 Å². The van der Waals surface area contributed by atoms with Crippen molar-refractivity contribution in [2.75, 3.05) is 26.8 Å². The van der Waals surface area contributed by atoms with Crippen LogP contribution in [0, 0.1) is 5.92 Å². The molecule has 1 aromatic carbocycles. The van der Waals surface area contributed by atoms with Gasteiger partial charge in [-0.15, -0.1) is 0 Å². The monoisotopic (exact) mass is 416 g/mol. The van der Waals surface area contributed by atoms with Crippen LogP contribution in [0.5, 0.6) is 5.75 Å². The second kappa shape index (κ2) is 11.3. The lowest BCUT2D eigenvalue weighted by molar-refractivity contribution is -0.141. The fourth-order valence-electron chi connectivity index (χ4n) is 4.69. The van der Waals surface area contributed by atoms with Crippen molar-refractivity contribution in [3.63, 3.8) is 0 Å². The quantitative estimate of drug-likeness (QED) is 0.631. The van der Waals surface area contributed by atoms with Gasteiger partial charge in [-0.05, 0) is 94.5 Å². The Hall–Kier alpha value is -2.08. The summed E-state index contributed by atoms with van der Waals surface area (Å²) in [5, 5.41) is 6.61. The summed E-state index contributed by atoms with van der Waals surface area (Å²) in [7, 11) is 1.43. The van der Waals surface area contributed by atoms with E-state index in [0.717, 1.165) is 58.0 Å². The second-order valence-corrected chi connectivity index (χ2v) is 8.52. The normalized spacial score (nSPS) is 22.3. The van der Waals surface area contributed by atoms with Crippen LogP contribution < -0.4 is 15.4 Å². The number of nitrogens with one attached hydrogen (secondary N) is 2. The Kier molecular flexibility index (Phi) is 8.55. The molecule has 0 unspecified atom stereocenters. The van der Waals surface area contributed by atoms with Crippen molar-refractivity contribution in [2.45, 2.75) is 70.3 Å². The van der Waals surface area contributed by atoms with Gasteiger partial charge in [0.05, 0.1) is 19.3 Å². The maximum Gasteiger partial charge on any atom is 0.305 e. The van der Waals surface area contributed by atoms with E-state index in [9.17, 15) is 9.59 Å². The van der Waals surface area contributed by atoms with Gasteiger partial charge in [-0.25, -0.2) is 0 Å². The zero-order chi connectivity index (χ0) is 21.3. The first kappa shape index (κ1) is 22.6. The summed E-state index contributed by atoms with van der Waals surface area (Å²) in [6.07, 6.45) is 7.58. The lowest BCUT2D eigenvalue weighted by atomic mass is 9.83. The summed E-state index contributed by atoms with van der Waals surface area (Å²) in [4.78, 5) is 24.3. The standard InChI is InChI=1S/C24H36N2O4/c1-3-30-22-16-19(18-12-14-25-15-13-18)7-10-21(22)24(28)26-20-8-4-17(5-9-20)6-11-23(27)29-2/h7,10,16-18,20,25H,3-6,8-9,11-15H2,1-2H3,(H,26,28). The van der Waals surface area contributed by atoms with Crippen LogP contribution in [0.15, 0.2) is 18.2 Å². The van der Waals surface area contributed by atoms with Crippen molar-refractivity contribution in [3.8, 4) is 5.75 Å². The number of carbonyl (C=O) groups is 2. The van der Waals surface area contributed by atoms with E-state index < -0.39 is 0 Å². The van der Waals surface area contributed by atoms with E-state index in [1.165, 1.54) is 12.7 Å². The van der Waals surface area contributed by atoms with E-state index in [0.29, 0.717) is 36.2 Å². The van der Waals surface area contributed by atoms with E-state index >= 15 is 0 Å². The third kappa shape index (κ3) is 6.21. The molecule has 1 saturated heterocycles. The minimum absolute atomic E-state index is 0.0479. The minimum atomic E-state index is -0.137. The average Bonchev–Trinajstić information content (AvgIpc) is 2.79. The van der Waals surface area contributed by atoms with Gasteiger partial charge in [0.1, 0.15) is 5.75 Å². The Labute approximate surface area is 180 Å². The van der Waals surface area contributed by atoms with Gasteiger partial charge >= 0.3 is 5.97 Å². The van der Waals surface area contributed by atoms with Gasteiger partial charge in [0.2, 0.25) is 0 Å². The molecule has 0 bridgehead atoms. The Balaban J connectivity index is 1.56. The largest absolute Gasteiger partial charge is 0.493 e. The lowest BCUT2D eigenvalue weighted by Crippen LogP contribution is -2.38. The zero-order valence-electron chi connectivity index (χ0n) is 18.4. The number of piperidine rings is 1. The highest BCUT2D eigenvalue weighted by atomic mass is 16.5. The zero-order valence-corrected chi connectivity index (χ0v) is 18.4. The summed E-state index contributed by atoms with van der Waals surface area (Å²) in [6.45, 7) is 4.58. The van der Waals surface area contributed by atoms with Crippen molar-refractivity contribution >= 4 is 11.9 Å². The first-order chi connectivity index (χ1) is 14.6. The van der Waals surface area contributed by atoms with Crippen molar-refractivity contribution in [1.29, 1.82) is 0 Å². The SMILES string of the molecule is CCOc1cc(C2CCNCC2)ccc1C(=O)NC1CCC(CCC(=O)OC)CC1. The van der Waals surface area contributed by atoms with Gasteiger partial charge in [-0.1, -0.05) is 6.07 Å². The number of carbonyl (C=O) groups excluding carboxylic acids is 2. The lowest BCUT2D eigenvalue weighted by Gasteiger charge is -2.29. The van der Waals surface area contributed by atoms with Crippen molar-refractivity contribution < 1.29 is 19.1 Å². The Morgan fingerprint density at radius 1 is 1.10 bits per heavy atom. The van der Waals surface area contributed by atoms with Crippen molar-refractivity contribution in [3.05, 3.63) is 29.3 Å². The molecule has 1 aliphatic carbocycles. The van der Waals surface area contributed by atoms with Gasteiger partial charge in [0, 0.05) is 12.5 Å². The van der Waals surface area contributed by atoms with Crippen LogP contribution in [0.4, 0.5) is 0 Å². The van der Waals surface area contributed by atoms with Gasteiger partial charge in [-0.3, -0.25) is 9.59 Å². The molecule has 166 valence electrons. The molecule has 6 nitrogen and oxygen atoms in total. The molecule has 0 aromatic heterocycles. The Bertz CT molecular complexity index is 707. The fraction of sp³-hybridized carbons (Fsp3) is 0.667. The average molecular weight is 417 g/mol. The highest BCUT2D eigenvalue weighted by Gasteiger charge is 2.25. The molecule has 1 heterocycles. The number of rotatable bonds is 8. The summed E-state index contributed by atoms with van der Waals surface area (Å²) in [5.41, 5.74) is 1.89. The number of esters is 1. The second-order valence-electron chi connectivity index (χ2n) is 8.52. The molecule has 3 rings (SSSR count). The summed E-state index contributed by atoms with van der Waals surface area (Å²) < 4.78 is 10.6. The van der Waals surface area contributed by atoms with Crippen LogP contribution in [-0.4, -0.2) is 44.7 Å². The van der Waals surface area contributed by atoms with E-state index in [-0.39, 0.29) is 17.9 Å². The van der Waals surface area contributed by atoms with Crippen molar-refractivity contribution in [1.82, 2.24) is 10.6 Å². The van der Waals surface area contributed by atoms with Crippen LogP contribution in [-0.2, 0) is 9.53 Å². The first-order valence-electron chi connectivity index (χ1n) is 11.5. The number of benzene rings is 1. The maximum atomic E-state index is 13.0. The molecular weight excluding hydrogens is 380 g/mol. The Morgan fingerprint density at radius 3 is 2.50 bits per heavy atom. The molecule has 0 atom stereocenters. The molecule has 0 radical (unpaired) electrons. The molecule has 6 heteroatoms. The third-order valence-corrected chi connectivity index (χ3v) is 6.53. The molecular formula is C24H36N2O4. The van der Waals surface area contributed by atoms with E-state index in [2.05, 4.69) is 22.8 Å². The molecule has 1 aliphatic heterocycles. The molecule has 2 N–H and O–H groups in total. The molecule has 0 spiro atoms. The highest BCUT2D eigenvalue weighted by Crippen LogP contribution is 2.31. The number of methoxy groups -OCH3 is 1. The number of amides is 1. The van der Waals surface area contributed by atoms with E-state index in [1.54, 1.807) is 0 Å². The topological polar surface area (TPSA) is 76.7 Å². The summed E-state index contributed by atoms with van der Waals surface area (Å²) >= 11 is 0. The fourth-order valence-corrected chi connectivity index (χ4v) is 4.69. The van der Waals surface area contributed by atoms with Gasteiger partial charge < -0.3 is 20.1 Å². The van der Waals surface area contributed by atoms with Crippen LogP contribution in [0.3, 0.4) is 0 Å². The molecule has 2 aliphatic rings. The molecule has 1 aromatic rings. The molecule has 30 heavy (non-hydrogen) atoms. The molecule has 2 fully saturated rings. The minimum Gasteiger partial charge on any atom is -0.493 e. The van der Waals surface area contributed by atoms with Gasteiger partial charge in [-0.2, -0.15) is 0 Å². The molecule has 1 saturated carbocycles. The number of hydrogen-bond acceptors (Lipinski definition) is 5. The first-order valence-corrected chi connectivity index (χ1v) is 11.5. The maximum absolute atomic E-state index is 13.0. The van der Waals surface area contributed by atoms with Crippen molar-refractivity contribution in [2.24, 2.45) is 5.92 Å². The highest BCUT2D eigenvalue weighted by molar-refractivity contribution is 5.97. The number of hydrogen-bond donors (Lipinski definition) is 2. The van der Waals surface area contributed by atoms with Crippen LogP contribution in [0.2, 0.25) is 0 Å². The third-order valence-electron chi connectivity index (χ3n) is 6.53. The van der Waals surface area contributed by atoms with Crippen LogP contribution in [0.25, 0.3) is 0 Å². The Morgan fingerprint density at radius 2 is 1.83 bits per heavy atom. The predicted octanol–water partition coefficient (Wildman–Crippen LogP) is 3.79. The van der Waals surface area contributed by atoms with E-state index in [4.69, 9.17) is 9.47 Å². The smallest absolute Gasteiger partial charge is 0.305 e. The van der Waals surface area contributed by atoms with Crippen LogP contribution >= 0.6 is 0 Å². The predicted molar refractivity (Wildman–Crippen MR) is 117 cm³/mol. The van der Waals surface area contributed by atoms with Gasteiger partial charge in [0.25, 0.3) is 5.91 Å². The summed E-state index contributed by atoms with van der Waals surface area (Å²) in [6, 6.07) is 6.28. The molecule has 1 amide bonds. The number of ether oxygens (including phenoxy) is 2.